The summed E-state index contributed by atoms with van der Waals surface area (Å²) in [6.07, 6.45) is 3.13. The Morgan fingerprint density at radius 1 is 1.23 bits per heavy atom. The highest BCUT2D eigenvalue weighted by Gasteiger charge is 2.26. The number of carbonyl (C=O) groups is 1. The van der Waals surface area contributed by atoms with E-state index in [4.69, 9.17) is 37.8 Å². The van der Waals surface area contributed by atoms with Crippen LogP contribution in [0.15, 0.2) is 30.6 Å². The van der Waals surface area contributed by atoms with Crippen LogP contribution in [-0.2, 0) is 16.0 Å². The minimum Gasteiger partial charge on any atom is -0.619 e. The first-order valence-corrected chi connectivity index (χ1v) is 10.1. The van der Waals surface area contributed by atoms with E-state index in [0.717, 1.165) is 25.2 Å². The molecule has 3 rings (SSSR count). The van der Waals surface area contributed by atoms with Crippen LogP contribution < -0.4 is 14.2 Å². The van der Waals surface area contributed by atoms with Crippen LogP contribution in [0.4, 0.5) is 8.78 Å². The average molecular weight is 478 g/mol. The molecule has 1 aliphatic rings. The van der Waals surface area contributed by atoms with Crippen LogP contribution in [0.3, 0.4) is 0 Å². The number of halogens is 4. The summed E-state index contributed by atoms with van der Waals surface area (Å²) in [5.74, 6) is -0.653. The van der Waals surface area contributed by atoms with Crippen LogP contribution in [-0.4, -0.2) is 30.9 Å². The third-order valence-corrected chi connectivity index (χ3v) is 5.23. The second kappa shape index (κ2) is 10.3. The minimum absolute atomic E-state index is 0.0403. The topological polar surface area (TPSA) is 91.9 Å². The number of rotatable bonds is 10. The van der Waals surface area contributed by atoms with Crippen molar-refractivity contribution in [3.8, 4) is 11.5 Å². The lowest BCUT2D eigenvalue weighted by Gasteiger charge is -2.21. The molecule has 1 aromatic carbocycles. The van der Waals surface area contributed by atoms with Gasteiger partial charge in [-0.15, -0.1) is 0 Å². The van der Waals surface area contributed by atoms with Crippen LogP contribution in [0.2, 0.25) is 10.0 Å². The lowest BCUT2D eigenvalue weighted by molar-refractivity contribution is -0.605. The number of hydrogen-bond donors (Lipinski definition) is 1. The highest BCUT2D eigenvalue weighted by Crippen LogP contribution is 2.37. The Labute approximate surface area is 186 Å². The van der Waals surface area contributed by atoms with Crippen LogP contribution >= 0.6 is 23.2 Å². The van der Waals surface area contributed by atoms with Gasteiger partial charge >= 0.3 is 12.6 Å². The number of alkyl halides is 2. The fourth-order valence-electron chi connectivity index (χ4n) is 2.86. The van der Waals surface area contributed by atoms with E-state index in [1.165, 1.54) is 18.2 Å². The van der Waals surface area contributed by atoms with Gasteiger partial charge in [0.05, 0.1) is 6.61 Å². The summed E-state index contributed by atoms with van der Waals surface area (Å²) in [4.78, 5) is 11.8. The number of pyridine rings is 1. The maximum atomic E-state index is 12.8. The maximum Gasteiger partial charge on any atom is 0.387 e. The monoisotopic (exact) mass is 477 g/mol. The zero-order valence-electron chi connectivity index (χ0n) is 16.1. The number of ether oxygens (including phenoxy) is 3. The quantitative estimate of drug-likeness (QED) is 0.317. The average Bonchev–Trinajstić information content (AvgIpc) is 3.53. The van der Waals surface area contributed by atoms with E-state index in [0.29, 0.717) is 28.4 Å². The van der Waals surface area contributed by atoms with Gasteiger partial charge < -0.3 is 24.5 Å². The first kappa shape index (κ1) is 23.3. The summed E-state index contributed by atoms with van der Waals surface area (Å²) in [5.41, 5.74) is 0.708. The predicted octanol–water partition coefficient (Wildman–Crippen LogP) is 3.84. The van der Waals surface area contributed by atoms with Gasteiger partial charge in [0.15, 0.2) is 23.9 Å². The van der Waals surface area contributed by atoms with Gasteiger partial charge in [0.1, 0.15) is 22.8 Å². The van der Waals surface area contributed by atoms with Crippen molar-refractivity contribution in [1.29, 1.82) is 0 Å². The summed E-state index contributed by atoms with van der Waals surface area (Å²) < 4.78 is 41.4. The maximum absolute atomic E-state index is 12.8. The molecule has 1 fully saturated rings. The molecular formula is C20H19Cl2F2NO6. The molecule has 1 atom stereocenters. The van der Waals surface area contributed by atoms with E-state index in [1.54, 1.807) is 0 Å². The molecular weight excluding hydrogens is 459 g/mol. The Morgan fingerprint density at radius 3 is 2.48 bits per heavy atom. The van der Waals surface area contributed by atoms with E-state index in [-0.39, 0.29) is 28.0 Å². The lowest BCUT2D eigenvalue weighted by Crippen LogP contribution is -2.25. The standard InChI is InChI=1S/C20H19Cl2F2NO6/c21-14-7-25(28)8-15(22)13(14)6-17(30-19(27)9-26)12-3-4-16(31-20(23)24)18(5-12)29-10-11-1-2-11/h3-5,7-8,11,17,20,26H,1-2,6,9-10H2. The zero-order chi connectivity index (χ0) is 22.5. The van der Waals surface area contributed by atoms with Crippen molar-refractivity contribution in [3.63, 3.8) is 0 Å². The largest absolute Gasteiger partial charge is 0.619 e. The van der Waals surface area contributed by atoms with E-state index in [9.17, 15) is 18.8 Å². The van der Waals surface area contributed by atoms with E-state index in [2.05, 4.69) is 4.74 Å². The molecule has 0 radical (unpaired) electrons. The molecule has 1 aromatic heterocycles. The van der Waals surface area contributed by atoms with Crippen molar-refractivity contribution >= 4 is 29.2 Å². The normalized spacial score (nSPS) is 14.4. The molecule has 0 spiro atoms. The number of esters is 1. The number of hydrogen-bond acceptors (Lipinski definition) is 6. The second-order valence-electron chi connectivity index (χ2n) is 6.97. The molecule has 0 aliphatic heterocycles. The molecule has 1 N–H and O–H groups in total. The molecule has 0 amide bonds. The third kappa shape index (κ3) is 6.56. The Morgan fingerprint density at radius 2 is 1.90 bits per heavy atom. The number of aromatic nitrogens is 1. The second-order valence-corrected chi connectivity index (χ2v) is 7.79. The molecule has 7 nitrogen and oxygen atoms in total. The summed E-state index contributed by atoms with van der Waals surface area (Å²) in [6, 6.07) is 4.13. The number of carbonyl (C=O) groups excluding carboxylic acids is 1. The summed E-state index contributed by atoms with van der Waals surface area (Å²) >= 11 is 12.2. The first-order chi connectivity index (χ1) is 14.8. The Balaban J connectivity index is 1.93. The van der Waals surface area contributed by atoms with E-state index in [1.807, 2.05) is 0 Å². The fourth-order valence-corrected chi connectivity index (χ4v) is 3.46. The molecule has 0 bridgehead atoms. The summed E-state index contributed by atoms with van der Waals surface area (Å²) in [5, 5.41) is 20.7. The number of aliphatic hydroxyl groups excluding tert-OH is 1. The Kier molecular flexibility index (Phi) is 7.74. The van der Waals surface area contributed by atoms with Gasteiger partial charge in [-0.1, -0.05) is 29.3 Å². The van der Waals surface area contributed by atoms with Crippen molar-refractivity contribution in [2.24, 2.45) is 5.92 Å². The summed E-state index contributed by atoms with van der Waals surface area (Å²) in [6.45, 7) is -3.58. The summed E-state index contributed by atoms with van der Waals surface area (Å²) in [7, 11) is 0. The van der Waals surface area contributed by atoms with Crippen molar-refractivity contribution in [3.05, 3.63) is 57.0 Å². The Bertz CT molecular complexity index is 919. The highest BCUT2D eigenvalue weighted by molar-refractivity contribution is 6.35. The van der Waals surface area contributed by atoms with Crippen molar-refractivity contribution < 1.29 is 37.6 Å². The van der Waals surface area contributed by atoms with E-state index >= 15 is 0 Å². The highest BCUT2D eigenvalue weighted by atomic mass is 35.5. The SMILES string of the molecule is O=C(CO)OC(Cc1c(Cl)c[n+]([O-])cc1Cl)c1ccc(OC(F)F)c(OCC2CC2)c1. The predicted molar refractivity (Wildman–Crippen MR) is 106 cm³/mol. The van der Waals surface area contributed by atoms with Crippen LogP contribution in [0.1, 0.15) is 30.1 Å². The lowest BCUT2D eigenvalue weighted by atomic mass is 10.0. The minimum atomic E-state index is -3.04. The van der Waals surface area contributed by atoms with E-state index < -0.39 is 25.3 Å². The van der Waals surface area contributed by atoms with Crippen LogP contribution in [0.25, 0.3) is 0 Å². The third-order valence-electron chi connectivity index (χ3n) is 4.58. The van der Waals surface area contributed by atoms with Gasteiger partial charge in [0.2, 0.25) is 0 Å². The number of benzene rings is 1. The molecule has 0 saturated heterocycles. The van der Waals surface area contributed by atoms with Crippen molar-refractivity contribution in [1.82, 2.24) is 0 Å². The smallest absolute Gasteiger partial charge is 0.387 e. The fraction of sp³-hybridized carbons (Fsp3) is 0.400. The van der Waals surface area contributed by atoms with Crippen molar-refractivity contribution in [2.45, 2.75) is 32.0 Å². The molecule has 1 unspecified atom stereocenters. The van der Waals surface area contributed by atoms with Gasteiger partial charge in [0, 0.05) is 12.0 Å². The molecule has 2 aromatic rings. The van der Waals surface area contributed by atoms with Crippen LogP contribution in [0.5, 0.6) is 11.5 Å². The number of aliphatic hydroxyl groups is 1. The molecule has 31 heavy (non-hydrogen) atoms. The number of nitrogens with zero attached hydrogens (tertiary/aromatic N) is 1. The van der Waals surface area contributed by atoms with Crippen LogP contribution in [0, 0.1) is 11.1 Å². The van der Waals surface area contributed by atoms with Gasteiger partial charge in [-0.3, -0.25) is 0 Å². The van der Waals surface area contributed by atoms with Gasteiger partial charge in [-0.05, 0) is 36.5 Å². The zero-order valence-corrected chi connectivity index (χ0v) is 17.6. The van der Waals surface area contributed by atoms with Gasteiger partial charge in [-0.25, -0.2) is 4.79 Å². The molecule has 11 heteroatoms. The molecule has 1 heterocycles. The molecule has 1 aliphatic carbocycles. The van der Waals surface area contributed by atoms with Gasteiger partial charge in [-0.2, -0.15) is 13.5 Å². The van der Waals surface area contributed by atoms with Crippen molar-refractivity contribution in [2.75, 3.05) is 13.2 Å². The molecule has 1 saturated carbocycles. The van der Waals surface area contributed by atoms with Gasteiger partial charge in [0.25, 0.3) is 0 Å². The first-order valence-electron chi connectivity index (χ1n) is 9.35. The Hall–Kier alpha value is -2.36. The molecule has 168 valence electrons.